The zero-order valence-corrected chi connectivity index (χ0v) is 18.2. The Morgan fingerprint density at radius 3 is 2.59 bits per heavy atom. The van der Waals surface area contributed by atoms with E-state index >= 15 is 0 Å². The van der Waals surface area contributed by atoms with Crippen LogP contribution < -0.4 is 15.5 Å². The van der Waals surface area contributed by atoms with Gasteiger partial charge in [0.2, 0.25) is 0 Å². The number of hydrogen-bond acceptors (Lipinski definition) is 7. The van der Waals surface area contributed by atoms with Gasteiger partial charge in [-0.15, -0.1) is 11.3 Å². The molecule has 1 fully saturated rings. The second-order valence-electron chi connectivity index (χ2n) is 7.34. The van der Waals surface area contributed by atoms with Crippen LogP contribution in [0.15, 0.2) is 53.9 Å². The lowest BCUT2D eigenvalue weighted by Gasteiger charge is -2.30. The van der Waals surface area contributed by atoms with Gasteiger partial charge >= 0.3 is 5.97 Å². The Hall–Kier alpha value is -3.43. The first-order valence-electron chi connectivity index (χ1n) is 10.3. The molecule has 0 radical (unpaired) electrons. The first kappa shape index (κ1) is 21.8. The molecule has 0 spiro atoms. The summed E-state index contributed by atoms with van der Waals surface area (Å²) in [6.07, 6.45) is -0.164. The third kappa shape index (κ3) is 5.63. The number of thiazole rings is 1. The van der Waals surface area contributed by atoms with Crippen molar-refractivity contribution in [3.63, 3.8) is 0 Å². The number of morpholine rings is 1. The standard InChI is InChI=1S/C23H24N4O4S/c28-21(29)13-18-15-32-23(25-18)26-22(30)17-7-5-16(6-8-17)14-24-19-3-1-2-4-20(19)27-9-11-31-12-10-27/h1-8,15,24H,9-14H2,(H,28,29)(H,25,26,30). The molecule has 4 rings (SSSR count). The Balaban J connectivity index is 1.35. The molecule has 0 atom stereocenters. The van der Waals surface area contributed by atoms with Gasteiger partial charge in [-0.1, -0.05) is 24.3 Å². The van der Waals surface area contributed by atoms with E-state index in [0.29, 0.717) is 22.9 Å². The molecule has 0 aliphatic carbocycles. The van der Waals surface area contributed by atoms with Crippen molar-refractivity contribution in [1.82, 2.24) is 4.98 Å². The minimum absolute atomic E-state index is 0.164. The summed E-state index contributed by atoms with van der Waals surface area (Å²) in [6.45, 7) is 3.85. The van der Waals surface area contributed by atoms with E-state index in [-0.39, 0.29) is 12.3 Å². The van der Waals surface area contributed by atoms with Crippen molar-refractivity contribution < 1.29 is 19.4 Å². The molecule has 0 bridgehead atoms. The monoisotopic (exact) mass is 452 g/mol. The summed E-state index contributed by atoms with van der Waals surface area (Å²) in [6, 6.07) is 15.6. The molecular formula is C23H24N4O4S. The summed E-state index contributed by atoms with van der Waals surface area (Å²) in [7, 11) is 0. The van der Waals surface area contributed by atoms with Crippen LogP contribution in [0, 0.1) is 0 Å². The van der Waals surface area contributed by atoms with E-state index in [1.54, 1.807) is 17.5 Å². The number of carboxylic acids is 1. The maximum atomic E-state index is 12.5. The van der Waals surface area contributed by atoms with Crippen LogP contribution in [-0.4, -0.2) is 48.3 Å². The summed E-state index contributed by atoms with van der Waals surface area (Å²) in [5.74, 6) is -1.23. The number of hydrogen-bond donors (Lipinski definition) is 3. The maximum Gasteiger partial charge on any atom is 0.309 e. The fraction of sp³-hybridized carbons (Fsp3) is 0.261. The number of carbonyl (C=O) groups excluding carboxylic acids is 1. The van der Waals surface area contributed by atoms with E-state index in [1.165, 1.54) is 11.3 Å². The molecular weight excluding hydrogens is 428 g/mol. The number of aromatic nitrogens is 1. The number of carboxylic acid groups (broad SMARTS) is 1. The number of anilines is 3. The molecule has 2 aromatic carbocycles. The number of rotatable bonds is 8. The highest BCUT2D eigenvalue weighted by Crippen LogP contribution is 2.27. The van der Waals surface area contributed by atoms with E-state index < -0.39 is 5.97 Å². The average molecular weight is 453 g/mol. The molecule has 3 aromatic rings. The lowest BCUT2D eigenvalue weighted by molar-refractivity contribution is -0.136. The summed E-state index contributed by atoms with van der Waals surface area (Å²) >= 11 is 1.21. The number of para-hydroxylation sites is 2. The lowest BCUT2D eigenvalue weighted by atomic mass is 10.1. The van der Waals surface area contributed by atoms with Crippen molar-refractivity contribution in [2.24, 2.45) is 0 Å². The van der Waals surface area contributed by atoms with Gasteiger partial charge < -0.3 is 20.1 Å². The highest BCUT2D eigenvalue weighted by Gasteiger charge is 2.14. The summed E-state index contributed by atoms with van der Waals surface area (Å²) in [4.78, 5) is 29.7. The molecule has 1 aliphatic rings. The van der Waals surface area contributed by atoms with Gasteiger partial charge in [-0.05, 0) is 29.8 Å². The van der Waals surface area contributed by atoms with Crippen LogP contribution in [0.25, 0.3) is 0 Å². The molecule has 1 aliphatic heterocycles. The van der Waals surface area contributed by atoms with Crippen LogP contribution >= 0.6 is 11.3 Å². The van der Waals surface area contributed by atoms with E-state index in [0.717, 1.165) is 43.2 Å². The largest absolute Gasteiger partial charge is 0.481 e. The molecule has 2 heterocycles. The first-order valence-corrected chi connectivity index (χ1v) is 11.2. The summed E-state index contributed by atoms with van der Waals surface area (Å²) in [5, 5.41) is 17.1. The Morgan fingerprint density at radius 2 is 1.84 bits per heavy atom. The Kier molecular flexibility index (Phi) is 6.98. The highest BCUT2D eigenvalue weighted by atomic mass is 32.1. The summed E-state index contributed by atoms with van der Waals surface area (Å²) in [5.41, 5.74) is 4.22. The smallest absolute Gasteiger partial charge is 0.309 e. The van der Waals surface area contributed by atoms with E-state index in [9.17, 15) is 9.59 Å². The number of benzene rings is 2. The maximum absolute atomic E-state index is 12.5. The normalized spacial score (nSPS) is 13.6. The zero-order valence-electron chi connectivity index (χ0n) is 17.4. The highest BCUT2D eigenvalue weighted by molar-refractivity contribution is 7.14. The Labute approximate surface area is 189 Å². The predicted molar refractivity (Wildman–Crippen MR) is 125 cm³/mol. The van der Waals surface area contributed by atoms with Crippen LogP contribution in [0.1, 0.15) is 21.6 Å². The quantitative estimate of drug-likeness (QED) is 0.481. The average Bonchev–Trinajstić information content (AvgIpc) is 3.24. The van der Waals surface area contributed by atoms with Gasteiger partial charge in [-0.2, -0.15) is 0 Å². The van der Waals surface area contributed by atoms with Crippen LogP contribution in [0.4, 0.5) is 16.5 Å². The van der Waals surface area contributed by atoms with Gasteiger partial charge in [0.15, 0.2) is 5.13 Å². The number of nitrogens with zero attached hydrogens (tertiary/aromatic N) is 2. The van der Waals surface area contributed by atoms with Crippen LogP contribution in [0.5, 0.6) is 0 Å². The molecule has 1 saturated heterocycles. The van der Waals surface area contributed by atoms with E-state index in [1.807, 2.05) is 24.3 Å². The molecule has 0 unspecified atom stereocenters. The van der Waals surface area contributed by atoms with Gasteiger partial charge in [0.25, 0.3) is 5.91 Å². The zero-order chi connectivity index (χ0) is 22.3. The molecule has 0 saturated carbocycles. The lowest BCUT2D eigenvalue weighted by Crippen LogP contribution is -2.36. The Bertz CT molecular complexity index is 1080. The van der Waals surface area contributed by atoms with Crippen LogP contribution in [-0.2, 0) is 22.5 Å². The van der Waals surface area contributed by atoms with Crippen LogP contribution in [0.3, 0.4) is 0 Å². The second-order valence-corrected chi connectivity index (χ2v) is 8.19. The molecule has 9 heteroatoms. The fourth-order valence-electron chi connectivity index (χ4n) is 3.44. The number of aliphatic carboxylic acids is 1. The van der Waals surface area contributed by atoms with Gasteiger partial charge in [-0.3, -0.25) is 14.9 Å². The first-order chi connectivity index (χ1) is 15.6. The number of ether oxygens (including phenoxy) is 1. The molecule has 1 aromatic heterocycles. The third-order valence-electron chi connectivity index (χ3n) is 5.06. The number of amides is 1. The minimum Gasteiger partial charge on any atom is -0.481 e. The minimum atomic E-state index is -0.954. The van der Waals surface area contributed by atoms with E-state index in [4.69, 9.17) is 9.84 Å². The molecule has 3 N–H and O–H groups in total. The molecule has 32 heavy (non-hydrogen) atoms. The third-order valence-corrected chi connectivity index (χ3v) is 5.87. The topological polar surface area (TPSA) is 104 Å². The van der Waals surface area contributed by atoms with Crippen LogP contribution in [0.2, 0.25) is 0 Å². The van der Waals surface area contributed by atoms with Gasteiger partial charge in [0.1, 0.15) is 0 Å². The van der Waals surface area contributed by atoms with E-state index in [2.05, 4.69) is 32.7 Å². The van der Waals surface area contributed by atoms with Crippen molar-refractivity contribution in [1.29, 1.82) is 0 Å². The molecule has 166 valence electrons. The summed E-state index contributed by atoms with van der Waals surface area (Å²) < 4.78 is 5.45. The van der Waals surface area contributed by atoms with Crippen molar-refractivity contribution >= 4 is 39.7 Å². The van der Waals surface area contributed by atoms with Gasteiger partial charge in [0, 0.05) is 30.6 Å². The predicted octanol–water partition coefficient (Wildman–Crippen LogP) is 3.47. The Morgan fingerprint density at radius 1 is 1.09 bits per heavy atom. The van der Waals surface area contributed by atoms with Gasteiger partial charge in [-0.25, -0.2) is 4.98 Å². The van der Waals surface area contributed by atoms with Gasteiger partial charge in [0.05, 0.1) is 36.7 Å². The SMILES string of the molecule is O=C(O)Cc1csc(NC(=O)c2ccc(CNc3ccccc3N3CCOCC3)cc2)n1. The van der Waals surface area contributed by atoms with Crippen molar-refractivity contribution in [3.8, 4) is 0 Å². The van der Waals surface area contributed by atoms with Crippen molar-refractivity contribution in [2.45, 2.75) is 13.0 Å². The fourth-order valence-corrected chi connectivity index (χ4v) is 4.15. The molecule has 8 nitrogen and oxygen atoms in total. The second kappa shape index (κ2) is 10.3. The van der Waals surface area contributed by atoms with Crippen molar-refractivity contribution in [3.05, 3.63) is 70.7 Å². The number of nitrogens with one attached hydrogen (secondary N) is 2. The van der Waals surface area contributed by atoms with Crippen molar-refractivity contribution in [2.75, 3.05) is 41.8 Å². The molecule has 1 amide bonds. The number of carbonyl (C=O) groups is 2.